The summed E-state index contributed by atoms with van der Waals surface area (Å²) in [5.41, 5.74) is -12.2. The summed E-state index contributed by atoms with van der Waals surface area (Å²) in [5.74, 6) is 0. The molecule has 0 aromatic rings. The van der Waals surface area contributed by atoms with E-state index in [2.05, 4.69) is 0 Å². The molecule has 0 saturated carbocycles. The van der Waals surface area contributed by atoms with E-state index in [9.17, 15) is 43.2 Å². The van der Waals surface area contributed by atoms with Gasteiger partial charge < -0.3 is 4.48 Å². The fraction of sp³-hybridized carbons (Fsp3) is 1.00. The lowest BCUT2D eigenvalue weighted by Crippen LogP contribution is -2.59. The zero-order valence-corrected chi connectivity index (χ0v) is 11.4. The summed E-state index contributed by atoms with van der Waals surface area (Å²) in [6, 6.07) is 0. The molecule has 0 spiro atoms. The molecular formula is C6H10F6NO4S2+. The summed E-state index contributed by atoms with van der Waals surface area (Å²) in [6.45, 7) is 0. The van der Waals surface area contributed by atoms with Crippen LogP contribution in [0.5, 0.6) is 0 Å². The number of hydrogen-bond acceptors (Lipinski definition) is 4. The number of rotatable bonds is 3. The molecule has 0 radical (unpaired) electrons. The van der Waals surface area contributed by atoms with Crippen molar-refractivity contribution in [3.63, 3.8) is 0 Å². The molecule has 19 heavy (non-hydrogen) atoms. The van der Waals surface area contributed by atoms with Crippen LogP contribution in [0.25, 0.3) is 0 Å². The molecule has 5 nitrogen and oxygen atoms in total. The third kappa shape index (κ3) is 3.31. The van der Waals surface area contributed by atoms with Crippen LogP contribution in [0.15, 0.2) is 0 Å². The maximum absolute atomic E-state index is 12.3. The molecule has 0 aliphatic carbocycles. The molecule has 0 aliphatic rings. The van der Waals surface area contributed by atoms with Gasteiger partial charge in [-0.3, -0.25) is 0 Å². The highest BCUT2D eigenvalue weighted by Crippen LogP contribution is 2.38. The van der Waals surface area contributed by atoms with E-state index in [4.69, 9.17) is 0 Å². The third-order valence-corrected chi connectivity index (χ3v) is 6.95. The SMILES string of the molecule is C[N+](C)(C)C(S(=O)(=O)C(F)(F)F)S(=O)(=O)C(F)(F)F. The van der Waals surface area contributed by atoms with Crippen molar-refractivity contribution >= 4 is 19.7 Å². The number of nitrogens with zero attached hydrogens (tertiary/aromatic N) is 1. The Hall–Kier alpha value is -0.560. The minimum atomic E-state index is -6.57. The minimum Gasteiger partial charge on any atom is -0.302 e. The smallest absolute Gasteiger partial charge is 0.302 e. The molecule has 0 amide bonds. The van der Waals surface area contributed by atoms with Gasteiger partial charge in [0, 0.05) is 0 Å². The molecule has 0 fully saturated rings. The fourth-order valence-electron chi connectivity index (χ4n) is 1.23. The number of hydrogen-bond donors (Lipinski definition) is 0. The number of alkyl halides is 6. The Balaban J connectivity index is 6.41. The first-order chi connectivity index (χ1) is 7.87. The molecule has 0 rings (SSSR count). The lowest BCUT2D eigenvalue weighted by molar-refractivity contribution is -0.868. The van der Waals surface area contributed by atoms with Crippen molar-refractivity contribution in [2.75, 3.05) is 21.1 Å². The first-order valence-corrected chi connectivity index (χ1v) is 7.37. The van der Waals surface area contributed by atoms with E-state index in [0.29, 0.717) is 21.1 Å². The summed E-state index contributed by atoms with van der Waals surface area (Å²) in [4.78, 5) is 0. The second kappa shape index (κ2) is 4.48. The van der Waals surface area contributed by atoms with E-state index in [-0.39, 0.29) is 0 Å². The van der Waals surface area contributed by atoms with Crippen molar-refractivity contribution in [3.8, 4) is 0 Å². The Kier molecular flexibility index (Phi) is 4.35. The Labute approximate surface area is 105 Å². The highest BCUT2D eigenvalue weighted by Gasteiger charge is 2.68. The van der Waals surface area contributed by atoms with Crippen molar-refractivity contribution < 1.29 is 47.7 Å². The van der Waals surface area contributed by atoms with Gasteiger partial charge in [-0.15, -0.1) is 0 Å². The third-order valence-electron chi connectivity index (χ3n) is 1.81. The Morgan fingerprint density at radius 1 is 0.737 bits per heavy atom. The topological polar surface area (TPSA) is 68.3 Å². The number of quaternary nitrogens is 1. The van der Waals surface area contributed by atoms with Crippen molar-refractivity contribution in [2.45, 2.75) is 15.7 Å². The van der Waals surface area contributed by atoms with Gasteiger partial charge in [0.05, 0.1) is 21.1 Å². The van der Waals surface area contributed by atoms with Gasteiger partial charge in [-0.2, -0.15) is 26.3 Å². The van der Waals surface area contributed by atoms with Crippen LogP contribution in [0.4, 0.5) is 26.3 Å². The molecule has 0 atom stereocenters. The van der Waals surface area contributed by atoms with Crippen LogP contribution in [-0.4, -0.2) is 58.2 Å². The van der Waals surface area contributed by atoms with Crippen LogP contribution >= 0.6 is 0 Å². The standard InChI is InChI=1S/C6H10F6NO4S2/c1-13(2,3)4(18(14,15)5(7,8)9)19(16,17)6(10,11)12/h4H,1-3H3/q+1. The lowest BCUT2D eigenvalue weighted by atomic mass is 10.8. The van der Waals surface area contributed by atoms with Gasteiger partial charge in [-0.25, -0.2) is 16.8 Å². The monoisotopic (exact) mass is 338 g/mol. The highest BCUT2D eigenvalue weighted by molar-refractivity contribution is 8.09. The second-order valence-electron chi connectivity index (χ2n) is 4.40. The summed E-state index contributed by atoms with van der Waals surface area (Å²) in [7, 11) is -11.4. The van der Waals surface area contributed by atoms with E-state index in [1.807, 2.05) is 0 Å². The lowest BCUT2D eigenvalue weighted by Gasteiger charge is -2.33. The van der Waals surface area contributed by atoms with E-state index >= 15 is 0 Å². The molecular weight excluding hydrogens is 328 g/mol. The maximum atomic E-state index is 12.3. The van der Waals surface area contributed by atoms with Crippen molar-refractivity contribution in [1.29, 1.82) is 0 Å². The Bertz CT molecular complexity index is 494. The van der Waals surface area contributed by atoms with Crippen molar-refractivity contribution in [3.05, 3.63) is 0 Å². The molecule has 0 aromatic carbocycles. The van der Waals surface area contributed by atoms with E-state index in [1.165, 1.54) is 0 Å². The fourth-order valence-corrected chi connectivity index (χ4v) is 5.34. The quantitative estimate of drug-likeness (QED) is 0.565. The normalized spacial score (nSPS) is 15.9. The van der Waals surface area contributed by atoms with E-state index in [1.54, 1.807) is 0 Å². The molecule has 0 N–H and O–H groups in total. The van der Waals surface area contributed by atoms with Crippen LogP contribution in [0.3, 0.4) is 0 Å². The van der Waals surface area contributed by atoms with Crippen molar-refractivity contribution in [1.82, 2.24) is 0 Å². The van der Waals surface area contributed by atoms with Crippen LogP contribution in [0, 0.1) is 0 Å². The molecule has 0 bridgehead atoms. The van der Waals surface area contributed by atoms with E-state index in [0.717, 1.165) is 0 Å². The highest BCUT2D eigenvalue weighted by atomic mass is 32.3. The Morgan fingerprint density at radius 3 is 1.05 bits per heavy atom. The van der Waals surface area contributed by atoms with Gasteiger partial charge in [0.15, 0.2) is 0 Å². The summed E-state index contributed by atoms with van der Waals surface area (Å²) < 4.78 is 113. The number of sulfone groups is 2. The molecule has 0 aliphatic heterocycles. The van der Waals surface area contributed by atoms with Gasteiger partial charge >= 0.3 is 35.4 Å². The second-order valence-corrected chi connectivity index (χ2v) is 8.70. The Morgan fingerprint density at radius 2 is 0.947 bits per heavy atom. The minimum absolute atomic E-state index is 0.594. The molecule has 0 unspecified atom stereocenters. The molecule has 116 valence electrons. The van der Waals surface area contributed by atoms with Gasteiger partial charge in [-0.1, -0.05) is 0 Å². The van der Waals surface area contributed by atoms with Crippen LogP contribution in [0.1, 0.15) is 0 Å². The zero-order valence-electron chi connectivity index (χ0n) is 9.74. The number of halogens is 6. The first-order valence-electron chi connectivity index (χ1n) is 4.28. The van der Waals surface area contributed by atoms with Crippen molar-refractivity contribution in [2.24, 2.45) is 0 Å². The summed E-state index contributed by atoms with van der Waals surface area (Å²) in [6.07, 6.45) is 0. The van der Waals surface area contributed by atoms with Gasteiger partial charge in [0.2, 0.25) is 0 Å². The van der Waals surface area contributed by atoms with Crippen LogP contribution in [-0.2, 0) is 19.7 Å². The molecule has 0 aromatic heterocycles. The molecule has 0 saturated heterocycles. The first kappa shape index (κ1) is 18.4. The maximum Gasteiger partial charge on any atom is 0.504 e. The predicted octanol–water partition coefficient (Wildman–Crippen LogP) is 0.845. The van der Waals surface area contributed by atoms with Crippen LogP contribution in [0.2, 0.25) is 0 Å². The molecule has 0 heterocycles. The van der Waals surface area contributed by atoms with Crippen LogP contribution < -0.4 is 0 Å². The largest absolute Gasteiger partial charge is 0.504 e. The van der Waals surface area contributed by atoms with Gasteiger partial charge in [0.1, 0.15) is 0 Å². The average Bonchev–Trinajstić information content (AvgIpc) is 1.93. The predicted molar refractivity (Wildman–Crippen MR) is 51.8 cm³/mol. The van der Waals surface area contributed by atoms with Gasteiger partial charge in [-0.05, 0) is 0 Å². The zero-order chi connectivity index (χ0) is 16.1. The summed E-state index contributed by atoms with van der Waals surface area (Å²) >= 11 is 0. The van der Waals surface area contributed by atoms with E-state index < -0.39 is 39.9 Å². The van der Waals surface area contributed by atoms with Gasteiger partial charge in [0.25, 0.3) is 0 Å². The summed E-state index contributed by atoms with van der Waals surface area (Å²) in [5, 5.41) is 0. The average molecular weight is 338 g/mol. The molecule has 13 heteroatoms.